The lowest BCUT2D eigenvalue weighted by Crippen LogP contribution is -2.04. The first-order chi connectivity index (χ1) is 14.8. The van der Waals surface area contributed by atoms with Crippen LogP contribution in [0, 0.1) is 12.7 Å². The number of rotatable bonds is 8. The molecule has 2 rings (SSSR count). The van der Waals surface area contributed by atoms with E-state index in [-0.39, 0.29) is 5.56 Å². The van der Waals surface area contributed by atoms with Crippen LogP contribution in [0.15, 0.2) is 24.3 Å². The summed E-state index contributed by atoms with van der Waals surface area (Å²) >= 11 is 6.40. The van der Waals surface area contributed by atoms with Gasteiger partial charge in [0, 0.05) is 0 Å². The van der Waals surface area contributed by atoms with Gasteiger partial charge in [0.1, 0.15) is 11.6 Å². The van der Waals surface area contributed by atoms with E-state index in [0.29, 0.717) is 47.5 Å². The quantitative estimate of drug-likeness (QED) is 0.442. The van der Waals surface area contributed by atoms with Gasteiger partial charge in [-0.25, -0.2) is 4.39 Å². The molecule has 0 amide bonds. The number of hydrogen-bond donors (Lipinski definition) is 2. The predicted octanol–water partition coefficient (Wildman–Crippen LogP) is 4.85. The highest BCUT2D eigenvalue weighted by Crippen LogP contribution is 2.35. The van der Waals surface area contributed by atoms with Gasteiger partial charge in [0.15, 0.2) is 12.6 Å². The van der Waals surface area contributed by atoms with Gasteiger partial charge < -0.3 is 15.4 Å². The van der Waals surface area contributed by atoms with Crippen LogP contribution in [0.4, 0.5) is 4.39 Å². The van der Waals surface area contributed by atoms with Crippen molar-refractivity contribution >= 4 is 24.2 Å². The smallest absolute Gasteiger partial charge is 0.153 e. The molecule has 2 aromatic carbocycles. The second-order valence-corrected chi connectivity index (χ2v) is 7.24. The Kier molecular flexibility index (Phi) is 15.2. The van der Waals surface area contributed by atoms with Crippen LogP contribution in [-0.4, -0.2) is 47.4 Å². The summed E-state index contributed by atoms with van der Waals surface area (Å²) < 4.78 is 19.5. The van der Waals surface area contributed by atoms with Gasteiger partial charge in [-0.2, -0.15) is 0 Å². The minimum absolute atomic E-state index is 0.0201. The number of nitrogens with one attached hydrogen (secondary N) is 2. The number of hydrogen-bond acceptors (Lipinski definition) is 5. The number of carbonyl (C=O) groups excluding carboxylic acids is 2. The summed E-state index contributed by atoms with van der Waals surface area (Å²) in [6.07, 6.45) is 3.45. The van der Waals surface area contributed by atoms with E-state index >= 15 is 0 Å². The normalized spacial score (nSPS) is 9.68. The fraction of sp³-hybridized carbons (Fsp3) is 0.417. The van der Waals surface area contributed by atoms with Crippen molar-refractivity contribution in [3.05, 3.63) is 62.9 Å². The van der Waals surface area contributed by atoms with Crippen molar-refractivity contribution in [1.29, 1.82) is 0 Å². The molecule has 0 unspecified atom stereocenters. The molecule has 0 spiro atoms. The highest BCUT2D eigenvalue weighted by molar-refractivity contribution is 6.33. The molecule has 0 aromatic heterocycles. The fourth-order valence-electron chi connectivity index (χ4n) is 2.53. The summed E-state index contributed by atoms with van der Waals surface area (Å²) in [4.78, 5) is 22.1. The van der Waals surface area contributed by atoms with Crippen LogP contribution in [0.1, 0.15) is 57.2 Å². The van der Waals surface area contributed by atoms with Gasteiger partial charge in [-0.1, -0.05) is 31.0 Å². The van der Waals surface area contributed by atoms with Crippen LogP contribution >= 0.6 is 11.6 Å². The number of aldehydes is 2. The van der Waals surface area contributed by atoms with E-state index in [1.165, 1.54) is 12.1 Å². The first-order valence-electron chi connectivity index (χ1n) is 10.1. The number of ether oxygens (including phenoxy) is 1. The standard InChI is InChI=1S/C20H20ClFO3.2C2H7N/c1-3-4-7-25-20-17(12-24)10-16(13(2)19(20)21)8-14-5-6-15(11-23)18(22)9-14;2*1-3-2/h5-6,9-12H,3-4,7-8H2,1-2H3;2*3H,1-2H3. The van der Waals surface area contributed by atoms with Gasteiger partial charge in [0.2, 0.25) is 0 Å². The van der Waals surface area contributed by atoms with Crippen LogP contribution in [0.2, 0.25) is 5.02 Å². The Labute approximate surface area is 190 Å². The molecule has 0 aliphatic heterocycles. The molecule has 0 radical (unpaired) electrons. The number of benzene rings is 2. The van der Waals surface area contributed by atoms with Crippen molar-refractivity contribution in [1.82, 2.24) is 10.6 Å². The Morgan fingerprint density at radius 3 is 2.10 bits per heavy atom. The van der Waals surface area contributed by atoms with Crippen LogP contribution < -0.4 is 15.4 Å². The first kappa shape index (κ1) is 28.7. The zero-order valence-electron chi connectivity index (χ0n) is 19.3. The Bertz CT molecular complexity index is 827. The first-order valence-corrected chi connectivity index (χ1v) is 10.5. The molecule has 2 N–H and O–H groups in total. The summed E-state index contributed by atoms with van der Waals surface area (Å²) in [7, 11) is 7.50. The Balaban J connectivity index is 0.00000134. The maximum Gasteiger partial charge on any atom is 0.153 e. The van der Waals surface area contributed by atoms with Crippen molar-refractivity contribution in [2.24, 2.45) is 0 Å². The van der Waals surface area contributed by atoms with E-state index < -0.39 is 5.82 Å². The molecule has 0 saturated heterocycles. The van der Waals surface area contributed by atoms with Gasteiger partial charge >= 0.3 is 0 Å². The summed E-state index contributed by atoms with van der Waals surface area (Å²) in [5.41, 5.74) is 2.70. The average Bonchev–Trinajstić information content (AvgIpc) is 2.74. The van der Waals surface area contributed by atoms with Crippen LogP contribution in [0.25, 0.3) is 0 Å². The Morgan fingerprint density at radius 2 is 1.61 bits per heavy atom. The Morgan fingerprint density at radius 1 is 1.03 bits per heavy atom. The molecule has 0 fully saturated rings. The Hall–Kier alpha value is -2.28. The van der Waals surface area contributed by atoms with Crippen molar-refractivity contribution in [2.75, 3.05) is 34.8 Å². The van der Waals surface area contributed by atoms with E-state index in [1.54, 1.807) is 12.1 Å². The maximum atomic E-state index is 13.8. The molecule has 172 valence electrons. The number of halogens is 2. The summed E-state index contributed by atoms with van der Waals surface area (Å²) in [5, 5.41) is 5.90. The molecular formula is C24H34ClFN2O3. The second kappa shape index (κ2) is 16.4. The molecule has 5 nitrogen and oxygen atoms in total. The lowest BCUT2D eigenvalue weighted by atomic mass is 9.97. The van der Waals surface area contributed by atoms with Gasteiger partial charge in [0.25, 0.3) is 0 Å². The third-order valence-electron chi connectivity index (χ3n) is 4.06. The molecule has 0 aliphatic carbocycles. The van der Waals surface area contributed by atoms with E-state index in [0.717, 1.165) is 24.0 Å². The minimum Gasteiger partial charge on any atom is -0.491 e. The minimum atomic E-state index is -0.564. The van der Waals surface area contributed by atoms with Crippen LogP contribution in [-0.2, 0) is 6.42 Å². The van der Waals surface area contributed by atoms with Crippen molar-refractivity contribution in [3.8, 4) is 5.75 Å². The fourth-order valence-corrected chi connectivity index (χ4v) is 2.82. The van der Waals surface area contributed by atoms with E-state index in [1.807, 2.05) is 35.1 Å². The predicted molar refractivity (Wildman–Crippen MR) is 127 cm³/mol. The summed E-state index contributed by atoms with van der Waals surface area (Å²) in [6, 6.07) is 6.17. The summed E-state index contributed by atoms with van der Waals surface area (Å²) in [6.45, 7) is 4.39. The van der Waals surface area contributed by atoms with Gasteiger partial charge in [0.05, 0.1) is 22.8 Å². The highest BCUT2D eigenvalue weighted by Gasteiger charge is 2.16. The zero-order valence-corrected chi connectivity index (χ0v) is 20.0. The van der Waals surface area contributed by atoms with Crippen LogP contribution in [0.3, 0.4) is 0 Å². The zero-order chi connectivity index (χ0) is 23.8. The molecule has 0 heterocycles. The molecule has 0 saturated carbocycles. The van der Waals surface area contributed by atoms with Gasteiger partial charge in [-0.3, -0.25) is 9.59 Å². The van der Waals surface area contributed by atoms with Crippen molar-refractivity contribution < 1.29 is 18.7 Å². The molecule has 0 bridgehead atoms. The second-order valence-electron chi connectivity index (χ2n) is 6.86. The molecule has 0 aliphatic rings. The molecular weight excluding hydrogens is 419 g/mol. The highest BCUT2D eigenvalue weighted by atomic mass is 35.5. The van der Waals surface area contributed by atoms with Gasteiger partial charge in [-0.15, -0.1) is 0 Å². The van der Waals surface area contributed by atoms with E-state index in [9.17, 15) is 14.0 Å². The SMILES string of the molecule is CCCCOc1c(C=O)cc(Cc2ccc(C=O)c(F)c2)c(C)c1Cl.CNC.CNC. The molecule has 7 heteroatoms. The molecule has 2 aromatic rings. The lowest BCUT2D eigenvalue weighted by molar-refractivity contribution is 0.111. The third kappa shape index (κ3) is 9.59. The average molecular weight is 453 g/mol. The van der Waals surface area contributed by atoms with Gasteiger partial charge in [-0.05, 0) is 82.8 Å². The van der Waals surface area contributed by atoms with Crippen LogP contribution in [0.5, 0.6) is 5.75 Å². The third-order valence-corrected chi connectivity index (χ3v) is 4.51. The largest absolute Gasteiger partial charge is 0.491 e. The monoisotopic (exact) mass is 452 g/mol. The van der Waals surface area contributed by atoms with E-state index in [4.69, 9.17) is 16.3 Å². The maximum absolute atomic E-state index is 13.8. The summed E-state index contributed by atoms with van der Waals surface area (Å²) in [5.74, 6) is -0.166. The molecule has 0 atom stereocenters. The number of unbranched alkanes of at least 4 members (excludes halogenated alkanes) is 1. The van der Waals surface area contributed by atoms with Crippen molar-refractivity contribution in [3.63, 3.8) is 0 Å². The topological polar surface area (TPSA) is 67.4 Å². The molecule has 31 heavy (non-hydrogen) atoms. The number of carbonyl (C=O) groups is 2. The van der Waals surface area contributed by atoms with Crippen molar-refractivity contribution in [2.45, 2.75) is 33.1 Å². The van der Waals surface area contributed by atoms with E-state index in [2.05, 4.69) is 17.6 Å². The lowest BCUT2D eigenvalue weighted by Gasteiger charge is -2.16.